The molecule has 0 amide bonds. The van der Waals surface area contributed by atoms with E-state index in [9.17, 15) is 13.2 Å². The highest BCUT2D eigenvalue weighted by Gasteiger charge is 2.30. The fourth-order valence-corrected chi connectivity index (χ4v) is 3.17. The Hall–Kier alpha value is -1.89. The minimum atomic E-state index is -2.88. The van der Waals surface area contributed by atoms with Gasteiger partial charge in [0.1, 0.15) is 17.8 Å². The van der Waals surface area contributed by atoms with E-state index in [4.69, 9.17) is 1.37 Å². The third kappa shape index (κ3) is 2.92. The Balaban J connectivity index is 2.09. The lowest BCUT2D eigenvalue weighted by molar-refractivity contribution is 0.146. The van der Waals surface area contributed by atoms with Gasteiger partial charge in [-0.05, 0) is 35.8 Å². The number of pyridine rings is 1. The van der Waals surface area contributed by atoms with Crippen molar-refractivity contribution in [2.24, 2.45) is 4.99 Å². The molecule has 0 spiro atoms. The van der Waals surface area contributed by atoms with Crippen LogP contribution in [0.15, 0.2) is 39.9 Å². The summed E-state index contributed by atoms with van der Waals surface area (Å²) in [5.41, 5.74) is 0.0244. The molecule has 2 heterocycles. The Labute approximate surface area is 147 Å². The van der Waals surface area contributed by atoms with Crippen molar-refractivity contribution in [3.63, 3.8) is 0 Å². The van der Waals surface area contributed by atoms with Crippen molar-refractivity contribution in [3.05, 3.63) is 57.4 Å². The van der Waals surface area contributed by atoms with Crippen LogP contribution in [0.25, 0.3) is 0 Å². The summed E-state index contributed by atoms with van der Waals surface area (Å²) in [5, 5.41) is 0. The number of alkyl halides is 2. The maximum atomic E-state index is 14.6. The van der Waals surface area contributed by atoms with Gasteiger partial charge in [0.15, 0.2) is 0 Å². The second-order valence-corrected chi connectivity index (χ2v) is 6.45. The van der Waals surface area contributed by atoms with Crippen molar-refractivity contribution < 1.29 is 14.5 Å². The molecule has 0 saturated heterocycles. The molecule has 0 fully saturated rings. The van der Waals surface area contributed by atoms with E-state index >= 15 is 0 Å². The number of aromatic nitrogens is 1. The molecule has 1 unspecified atom stereocenters. The fraction of sp³-hybridized carbons (Fsp3) is 0.294. The maximum Gasteiger partial charge on any atom is 0.266 e. The van der Waals surface area contributed by atoms with Crippen LogP contribution in [0.1, 0.15) is 44.4 Å². The maximum absolute atomic E-state index is 14.6. The SMILES string of the molecule is [2H]C1=N[C@@H](C)N(C(C)c2cccc(C(F)F)c2F)c2ncc(Br)cc21. The molecule has 7 heteroatoms. The van der Waals surface area contributed by atoms with E-state index in [1.54, 1.807) is 31.0 Å². The lowest BCUT2D eigenvalue weighted by atomic mass is 10.0. The van der Waals surface area contributed by atoms with Crippen LogP contribution in [0.3, 0.4) is 0 Å². The van der Waals surface area contributed by atoms with Gasteiger partial charge in [0.2, 0.25) is 0 Å². The van der Waals surface area contributed by atoms with Gasteiger partial charge in [-0.3, -0.25) is 4.99 Å². The molecule has 2 atom stereocenters. The molecule has 2 aromatic rings. The monoisotopic (exact) mass is 398 g/mol. The molecule has 126 valence electrons. The molecule has 0 aliphatic carbocycles. The molecule has 3 nitrogen and oxygen atoms in total. The minimum Gasteiger partial charge on any atom is -0.327 e. The Bertz CT molecular complexity index is 844. The number of hydrogen-bond acceptors (Lipinski definition) is 3. The quantitative estimate of drug-likeness (QED) is 0.704. The molecular weight excluding hydrogens is 383 g/mol. The third-order valence-electron chi connectivity index (χ3n) is 4.01. The first-order valence-corrected chi connectivity index (χ1v) is 8.15. The summed E-state index contributed by atoms with van der Waals surface area (Å²) in [6.07, 6.45) is -1.69. The van der Waals surface area contributed by atoms with Crippen molar-refractivity contribution in [2.75, 3.05) is 4.90 Å². The number of hydrogen-bond donors (Lipinski definition) is 0. The minimum absolute atomic E-state index is 0.0848. The third-order valence-corrected chi connectivity index (χ3v) is 4.45. The number of rotatable bonds is 3. The normalized spacial score (nSPS) is 19.0. The topological polar surface area (TPSA) is 28.5 Å². The van der Waals surface area contributed by atoms with E-state index in [-0.39, 0.29) is 11.8 Å². The molecule has 0 saturated carbocycles. The molecule has 0 N–H and O–H groups in total. The van der Waals surface area contributed by atoms with Gasteiger partial charge in [0, 0.05) is 28.0 Å². The van der Waals surface area contributed by atoms with Gasteiger partial charge in [0.25, 0.3) is 6.43 Å². The Morgan fingerprint density at radius 2 is 2.04 bits per heavy atom. The Morgan fingerprint density at radius 3 is 2.75 bits per heavy atom. The lowest BCUT2D eigenvalue weighted by Crippen LogP contribution is -2.38. The van der Waals surface area contributed by atoms with Gasteiger partial charge < -0.3 is 4.90 Å². The van der Waals surface area contributed by atoms with Crippen molar-refractivity contribution in [3.8, 4) is 0 Å². The summed E-state index contributed by atoms with van der Waals surface area (Å²) < 4.78 is 49.3. The zero-order chi connectivity index (χ0) is 18.3. The zero-order valence-corrected chi connectivity index (χ0v) is 14.6. The van der Waals surface area contributed by atoms with Gasteiger partial charge in [-0.15, -0.1) is 0 Å². The summed E-state index contributed by atoms with van der Waals surface area (Å²) >= 11 is 3.31. The highest BCUT2D eigenvalue weighted by molar-refractivity contribution is 9.10. The average molecular weight is 399 g/mol. The number of anilines is 1. The molecular formula is C17H15BrF3N3. The van der Waals surface area contributed by atoms with Crippen LogP contribution < -0.4 is 4.90 Å². The summed E-state index contributed by atoms with van der Waals surface area (Å²) in [5.74, 6) is -0.443. The predicted octanol–water partition coefficient (Wildman–Crippen LogP) is 5.27. The summed E-state index contributed by atoms with van der Waals surface area (Å²) in [7, 11) is 0. The second kappa shape index (κ2) is 6.55. The van der Waals surface area contributed by atoms with Gasteiger partial charge >= 0.3 is 0 Å². The molecule has 0 bridgehead atoms. The molecule has 0 radical (unpaired) electrons. The molecule has 1 aliphatic heterocycles. The average Bonchev–Trinajstić information content (AvgIpc) is 2.55. The summed E-state index contributed by atoms with van der Waals surface area (Å²) in [4.78, 5) is 10.3. The summed E-state index contributed by atoms with van der Waals surface area (Å²) in [6.45, 7) is 3.47. The van der Waals surface area contributed by atoms with E-state index in [1.807, 2.05) is 0 Å². The summed E-state index contributed by atoms with van der Waals surface area (Å²) in [6, 6.07) is 5.11. The highest BCUT2D eigenvalue weighted by atomic mass is 79.9. The number of halogens is 4. The van der Waals surface area contributed by atoms with Crippen LogP contribution in [0.5, 0.6) is 0 Å². The van der Waals surface area contributed by atoms with Crippen LogP contribution in [0.4, 0.5) is 19.0 Å². The predicted molar refractivity (Wildman–Crippen MR) is 91.2 cm³/mol. The van der Waals surface area contributed by atoms with Crippen molar-refractivity contribution in [2.45, 2.75) is 32.5 Å². The lowest BCUT2D eigenvalue weighted by Gasteiger charge is -2.37. The van der Waals surface area contributed by atoms with E-state index < -0.39 is 30.0 Å². The number of nitrogens with zero attached hydrogens (tertiary/aromatic N) is 3. The van der Waals surface area contributed by atoms with Crippen molar-refractivity contribution >= 4 is 27.9 Å². The van der Waals surface area contributed by atoms with Crippen LogP contribution in [0, 0.1) is 5.82 Å². The van der Waals surface area contributed by atoms with Crippen LogP contribution >= 0.6 is 15.9 Å². The first-order chi connectivity index (χ1) is 11.8. The Morgan fingerprint density at radius 1 is 1.33 bits per heavy atom. The van der Waals surface area contributed by atoms with Gasteiger partial charge in [-0.25, -0.2) is 18.2 Å². The second-order valence-electron chi connectivity index (χ2n) is 5.53. The smallest absolute Gasteiger partial charge is 0.266 e. The number of fused-ring (bicyclic) bond motifs is 1. The molecule has 1 aromatic heterocycles. The standard InChI is InChI=1S/C17H15BrF3N3/c1-9(13-4-3-5-14(15(13)19)16(20)21)24-10(2)22-7-11-6-12(18)8-23-17(11)24/h3-10,16H,1-2H3/t9?,10-/m1/s1/i7D. The first kappa shape index (κ1) is 15.6. The van der Waals surface area contributed by atoms with E-state index in [0.29, 0.717) is 15.9 Å². The van der Waals surface area contributed by atoms with Gasteiger partial charge in [-0.2, -0.15) is 0 Å². The van der Waals surface area contributed by atoms with Gasteiger partial charge in [-0.1, -0.05) is 18.2 Å². The highest BCUT2D eigenvalue weighted by Crippen LogP contribution is 2.36. The van der Waals surface area contributed by atoms with Crippen LogP contribution in [0.2, 0.25) is 0 Å². The van der Waals surface area contributed by atoms with Crippen LogP contribution in [-0.4, -0.2) is 17.3 Å². The first-order valence-electron chi connectivity index (χ1n) is 7.86. The fourth-order valence-electron chi connectivity index (χ4n) is 2.84. The Kier molecular flexibility index (Phi) is 4.26. The van der Waals surface area contributed by atoms with Crippen molar-refractivity contribution in [1.29, 1.82) is 0 Å². The van der Waals surface area contributed by atoms with Crippen molar-refractivity contribution in [1.82, 2.24) is 4.98 Å². The molecule has 1 aromatic carbocycles. The zero-order valence-electron chi connectivity index (χ0n) is 14.0. The van der Waals surface area contributed by atoms with E-state index in [1.165, 1.54) is 12.1 Å². The number of benzene rings is 1. The molecule has 3 rings (SSSR count). The van der Waals surface area contributed by atoms with Crippen LogP contribution in [-0.2, 0) is 0 Å². The molecule has 1 aliphatic rings. The van der Waals surface area contributed by atoms with E-state index in [2.05, 4.69) is 25.9 Å². The largest absolute Gasteiger partial charge is 0.327 e. The van der Waals surface area contributed by atoms with Gasteiger partial charge in [0.05, 0.1) is 13.0 Å². The van der Waals surface area contributed by atoms with E-state index in [0.717, 1.165) is 6.07 Å². The number of aliphatic imine (C=N–C) groups is 1. The molecule has 24 heavy (non-hydrogen) atoms.